The third kappa shape index (κ3) is 16.9. The first-order valence-electron chi connectivity index (χ1n) is 11.8. The first-order chi connectivity index (χ1) is 16.0. The molecule has 2 saturated heterocycles. The van der Waals surface area contributed by atoms with Crippen molar-refractivity contribution in [1.82, 2.24) is 0 Å². The van der Waals surface area contributed by atoms with Crippen LogP contribution in [0.1, 0.15) is 65.2 Å². The molecule has 2 aliphatic rings. The first-order valence-corrected chi connectivity index (χ1v) is 14.8. The largest absolute Gasteiger partial charge is 0.758 e. The van der Waals surface area contributed by atoms with Gasteiger partial charge in [0, 0.05) is 25.7 Å². The second-order valence-electron chi connectivity index (χ2n) is 9.60. The number of alkyl halides is 6. The van der Waals surface area contributed by atoms with Gasteiger partial charge in [-0.25, -0.2) is 0 Å². The molecule has 0 saturated carbocycles. The van der Waals surface area contributed by atoms with Crippen LogP contribution in [0.2, 0.25) is 0 Å². The van der Waals surface area contributed by atoms with Crippen molar-refractivity contribution in [3.63, 3.8) is 0 Å². The molecule has 2 fully saturated rings. The number of likely N-dealkylation sites (tertiary alicyclic amines) is 2. The molecule has 0 aromatic carbocycles. The van der Waals surface area contributed by atoms with Crippen LogP contribution < -0.4 is 0 Å². The van der Waals surface area contributed by atoms with Crippen LogP contribution in [-0.4, -0.2) is 90.9 Å². The molecule has 2 unspecified atom stereocenters. The van der Waals surface area contributed by atoms with E-state index >= 15 is 0 Å². The highest BCUT2D eigenvalue weighted by Gasteiger charge is 2.34. The zero-order chi connectivity index (χ0) is 28.9. The summed E-state index contributed by atoms with van der Waals surface area (Å²) in [6, 6.07) is 0. The number of rotatable bonds is 6. The third-order valence-electron chi connectivity index (χ3n) is 6.00. The quantitative estimate of drug-likeness (QED) is 0.321. The van der Waals surface area contributed by atoms with E-state index in [-0.39, 0.29) is 0 Å². The minimum atomic E-state index is -5.59. The maximum absolute atomic E-state index is 10.8. The third-order valence-corrected chi connectivity index (χ3v) is 7.22. The Balaban J connectivity index is 0. The van der Waals surface area contributed by atoms with Gasteiger partial charge in [0.1, 0.15) is 0 Å². The second-order valence-corrected chi connectivity index (χ2v) is 12.5. The maximum atomic E-state index is 10.8. The van der Waals surface area contributed by atoms with Crippen LogP contribution in [0.15, 0.2) is 0 Å². The molecule has 0 spiro atoms. The molecule has 16 heteroatoms. The number of unbranched alkanes of at least 4 members (excludes halogenated alkanes) is 2. The van der Waals surface area contributed by atoms with E-state index in [0.717, 1.165) is 0 Å². The standard InChI is InChI=1S/2C9H20N.2CH2F3NO2S/c2*1-3-4-7-10(2)8-5-6-9-10;2*2-1(3,4)8(5,6)7/h2*3-9H2,1-2H3;2*(H2,5,6,7)/q2*+1;;/p-2. The molecule has 2 atom stereocenters. The zero-order valence-corrected chi connectivity index (χ0v) is 23.1. The van der Waals surface area contributed by atoms with Crippen LogP contribution in [0.3, 0.4) is 0 Å². The summed E-state index contributed by atoms with van der Waals surface area (Å²) in [5, 5.41) is 0. The van der Waals surface area contributed by atoms with Crippen molar-refractivity contribution in [3.05, 3.63) is 0 Å². The van der Waals surface area contributed by atoms with E-state index in [1.54, 1.807) is 0 Å². The van der Waals surface area contributed by atoms with Crippen LogP contribution in [0, 0.1) is 9.56 Å². The SMILES string of the molecule is CCCC[N+]1(C)CCCC1.CCCC[N+]1(C)CCCC1.N=S(=O)([O-])C(F)(F)F.N=S(=O)([O-])C(F)(F)F. The van der Waals surface area contributed by atoms with Crippen LogP contribution in [-0.2, 0) is 20.0 Å². The van der Waals surface area contributed by atoms with Gasteiger partial charge in [-0.15, -0.1) is 0 Å². The van der Waals surface area contributed by atoms with Crippen LogP contribution in [0.5, 0.6) is 0 Å². The normalized spacial score (nSPS) is 21.9. The molecule has 2 rings (SSSR count). The molecule has 0 bridgehead atoms. The molecule has 0 aliphatic carbocycles. The van der Waals surface area contributed by atoms with Crippen molar-refractivity contribution in [2.75, 3.05) is 53.4 Å². The lowest BCUT2D eigenvalue weighted by molar-refractivity contribution is -0.897. The fourth-order valence-electron chi connectivity index (χ4n) is 3.72. The monoisotopic (exact) mass is 580 g/mol. The summed E-state index contributed by atoms with van der Waals surface area (Å²) in [6.07, 6.45) is 11.4. The lowest BCUT2D eigenvalue weighted by Gasteiger charge is -2.28. The summed E-state index contributed by atoms with van der Waals surface area (Å²) in [5.41, 5.74) is -10.8. The van der Waals surface area contributed by atoms with Gasteiger partial charge < -0.3 is 18.1 Å². The predicted molar refractivity (Wildman–Crippen MR) is 125 cm³/mol. The number of hydrogen-bond donors (Lipinski definition) is 2. The van der Waals surface area contributed by atoms with Gasteiger partial charge in [-0.05, 0) is 12.8 Å². The molecule has 0 radical (unpaired) electrons. The van der Waals surface area contributed by atoms with Gasteiger partial charge >= 0.3 is 11.0 Å². The first kappa shape index (κ1) is 37.5. The summed E-state index contributed by atoms with van der Waals surface area (Å²) < 4.78 is 115. The van der Waals surface area contributed by atoms with Crippen molar-refractivity contribution in [3.8, 4) is 0 Å². The molecular formula is C20H42F6N4O4S2. The highest BCUT2D eigenvalue weighted by atomic mass is 32.2. The van der Waals surface area contributed by atoms with Crippen LogP contribution >= 0.6 is 0 Å². The van der Waals surface area contributed by atoms with E-state index in [9.17, 15) is 43.9 Å². The second kappa shape index (κ2) is 15.7. The van der Waals surface area contributed by atoms with E-state index in [1.165, 1.54) is 99.6 Å². The van der Waals surface area contributed by atoms with E-state index < -0.39 is 31.0 Å². The maximum Gasteiger partial charge on any atom is 0.466 e. The van der Waals surface area contributed by atoms with Crippen molar-refractivity contribution >= 4 is 20.0 Å². The van der Waals surface area contributed by atoms with Gasteiger partial charge in [-0.3, -0.25) is 18.0 Å². The van der Waals surface area contributed by atoms with Gasteiger partial charge in [-0.2, -0.15) is 26.3 Å². The summed E-state index contributed by atoms with van der Waals surface area (Å²) in [5.74, 6) is 0. The Morgan fingerprint density at radius 1 is 0.667 bits per heavy atom. The molecule has 2 heterocycles. The lowest BCUT2D eigenvalue weighted by Crippen LogP contribution is -2.41. The molecule has 36 heavy (non-hydrogen) atoms. The Bertz CT molecular complexity index is 739. The summed E-state index contributed by atoms with van der Waals surface area (Å²) >= 11 is 0. The molecular weight excluding hydrogens is 538 g/mol. The van der Waals surface area contributed by atoms with E-state index in [0.29, 0.717) is 0 Å². The topological polar surface area (TPSA) is 128 Å². The molecule has 8 nitrogen and oxygen atoms in total. The molecule has 0 aromatic heterocycles. The van der Waals surface area contributed by atoms with Gasteiger partial charge in [0.05, 0.1) is 73.4 Å². The molecule has 2 N–H and O–H groups in total. The number of nitrogens with zero attached hydrogens (tertiary/aromatic N) is 2. The van der Waals surface area contributed by atoms with Crippen molar-refractivity contribution in [1.29, 1.82) is 9.56 Å². The van der Waals surface area contributed by atoms with Crippen molar-refractivity contribution < 1.29 is 52.8 Å². The molecule has 0 amide bonds. The average Bonchev–Trinajstić information content (AvgIpc) is 3.33. The van der Waals surface area contributed by atoms with Gasteiger partial charge in [0.25, 0.3) is 0 Å². The fourth-order valence-corrected chi connectivity index (χ4v) is 3.72. The Labute approximate surface area is 212 Å². The minimum Gasteiger partial charge on any atom is -0.758 e. The van der Waals surface area contributed by atoms with Gasteiger partial charge in [0.15, 0.2) is 0 Å². The Morgan fingerprint density at radius 3 is 1.00 bits per heavy atom. The molecule has 0 aromatic rings. The van der Waals surface area contributed by atoms with E-state index in [1.807, 2.05) is 0 Å². The van der Waals surface area contributed by atoms with Crippen LogP contribution in [0.4, 0.5) is 26.3 Å². The summed E-state index contributed by atoms with van der Waals surface area (Å²) in [6.45, 7) is 13.1. The Hall–Kier alpha value is -0.680. The summed E-state index contributed by atoms with van der Waals surface area (Å²) in [4.78, 5) is 0. The van der Waals surface area contributed by atoms with E-state index in [4.69, 9.17) is 9.56 Å². The smallest absolute Gasteiger partial charge is 0.466 e. The Kier molecular flexibility index (Phi) is 16.3. The van der Waals surface area contributed by atoms with E-state index in [2.05, 4.69) is 27.9 Å². The van der Waals surface area contributed by atoms with Gasteiger partial charge in [-0.1, -0.05) is 26.7 Å². The highest BCUT2D eigenvalue weighted by Crippen LogP contribution is 2.22. The predicted octanol–water partition coefficient (Wildman–Crippen LogP) is 5.42. The minimum absolute atomic E-state index is 1.36. The number of quaternary nitrogens is 2. The van der Waals surface area contributed by atoms with Crippen LogP contribution in [0.25, 0.3) is 0 Å². The zero-order valence-electron chi connectivity index (χ0n) is 21.5. The van der Waals surface area contributed by atoms with Crippen molar-refractivity contribution in [2.45, 2.75) is 76.2 Å². The number of nitrogens with one attached hydrogen (secondary N) is 2. The highest BCUT2D eigenvalue weighted by molar-refractivity contribution is 7.87. The molecule has 2 aliphatic heterocycles. The molecule has 220 valence electrons. The number of hydrogen-bond acceptors (Lipinski definition) is 6. The van der Waals surface area contributed by atoms with Gasteiger partial charge in [0.2, 0.25) is 0 Å². The summed E-state index contributed by atoms with van der Waals surface area (Å²) in [7, 11) is -6.37. The number of halogens is 6. The fraction of sp³-hybridized carbons (Fsp3) is 1.00. The van der Waals surface area contributed by atoms with Crippen molar-refractivity contribution in [2.24, 2.45) is 0 Å². The average molecular weight is 581 g/mol. The lowest BCUT2D eigenvalue weighted by atomic mass is 10.3. The Morgan fingerprint density at radius 2 is 0.861 bits per heavy atom.